The van der Waals surface area contributed by atoms with Gasteiger partial charge in [0.25, 0.3) is 0 Å². The molecule has 0 atom stereocenters. The van der Waals surface area contributed by atoms with Crippen molar-refractivity contribution in [1.29, 1.82) is 0 Å². The van der Waals surface area contributed by atoms with Crippen LogP contribution in [0.5, 0.6) is 0 Å². The van der Waals surface area contributed by atoms with Crippen molar-refractivity contribution >= 4 is 0 Å². The number of rotatable bonds is 6. The Labute approximate surface area is 103 Å². The minimum atomic E-state index is -0.616. The van der Waals surface area contributed by atoms with E-state index in [9.17, 15) is 10.2 Å². The number of nitrogens with zero attached hydrogens (tertiary/aromatic N) is 1. The number of aliphatic hydroxyl groups excluding tert-OH is 2. The molecule has 98 valence electrons. The molecule has 1 heterocycles. The first-order valence-corrected chi connectivity index (χ1v) is 6.09. The minimum absolute atomic E-state index is 0.0734. The van der Waals surface area contributed by atoms with Crippen LogP contribution in [0.4, 0.5) is 0 Å². The molecule has 0 fully saturated rings. The fraction of sp³-hybridized carbons (Fsp3) is 0.692. The molecule has 0 unspecified atom stereocenters. The van der Waals surface area contributed by atoms with Crippen LogP contribution in [0.2, 0.25) is 0 Å². The van der Waals surface area contributed by atoms with Crippen LogP contribution >= 0.6 is 0 Å². The zero-order chi connectivity index (χ0) is 13.1. The number of hydrogen-bond donors (Lipinski definition) is 3. The lowest BCUT2D eigenvalue weighted by Gasteiger charge is -2.26. The Bertz CT molecular complexity index is 368. The molecule has 0 bridgehead atoms. The first-order chi connectivity index (χ1) is 7.97. The highest BCUT2D eigenvalue weighted by Gasteiger charge is 2.21. The Balaban J connectivity index is 2.76. The van der Waals surface area contributed by atoms with E-state index in [0.717, 1.165) is 6.54 Å². The topological polar surface area (TPSA) is 57.4 Å². The Morgan fingerprint density at radius 3 is 2.29 bits per heavy atom. The van der Waals surface area contributed by atoms with E-state index in [1.165, 1.54) is 17.0 Å². The Kier molecular flexibility index (Phi) is 4.74. The second kappa shape index (κ2) is 5.67. The molecule has 0 amide bonds. The van der Waals surface area contributed by atoms with Crippen LogP contribution in [0.25, 0.3) is 0 Å². The van der Waals surface area contributed by atoms with Crippen molar-refractivity contribution in [3.05, 3.63) is 23.0 Å². The van der Waals surface area contributed by atoms with E-state index in [1.54, 1.807) is 0 Å². The van der Waals surface area contributed by atoms with Crippen molar-refractivity contribution in [2.45, 2.75) is 46.3 Å². The van der Waals surface area contributed by atoms with Crippen LogP contribution in [0.15, 0.2) is 6.07 Å². The van der Waals surface area contributed by atoms with E-state index in [4.69, 9.17) is 0 Å². The summed E-state index contributed by atoms with van der Waals surface area (Å²) in [6.45, 7) is 9.62. The van der Waals surface area contributed by atoms with Gasteiger partial charge in [-0.05, 0) is 39.3 Å². The van der Waals surface area contributed by atoms with Crippen LogP contribution in [-0.2, 0) is 13.1 Å². The minimum Gasteiger partial charge on any atom is -0.394 e. The zero-order valence-electron chi connectivity index (χ0n) is 11.2. The zero-order valence-corrected chi connectivity index (χ0v) is 11.2. The molecule has 1 aromatic rings. The summed E-state index contributed by atoms with van der Waals surface area (Å²) in [7, 11) is 0. The maximum Gasteiger partial charge on any atom is 0.0633 e. The lowest BCUT2D eigenvalue weighted by molar-refractivity contribution is 0.103. The lowest BCUT2D eigenvalue weighted by atomic mass is 10.0. The van der Waals surface area contributed by atoms with Crippen molar-refractivity contribution in [2.24, 2.45) is 0 Å². The highest BCUT2D eigenvalue weighted by Crippen LogP contribution is 2.15. The third-order valence-corrected chi connectivity index (χ3v) is 3.40. The van der Waals surface area contributed by atoms with Gasteiger partial charge in [-0.2, -0.15) is 0 Å². The number of aromatic nitrogens is 1. The van der Waals surface area contributed by atoms with Gasteiger partial charge >= 0.3 is 0 Å². The Hall–Kier alpha value is -0.840. The Morgan fingerprint density at radius 1 is 1.29 bits per heavy atom. The summed E-state index contributed by atoms with van der Waals surface area (Å²) < 4.78 is 2.26. The van der Waals surface area contributed by atoms with E-state index in [2.05, 4.69) is 36.7 Å². The number of hydrogen-bond acceptors (Lipinski definition) is 3. The van der Waals surface area contributed by atoms with Crippen molar-refractivity contribution in [3.63, 3.8) is 0 Å². The summed E-state index contributed by atoms with van der Waals surface area (Å²) in [5.74, 6) is 0. The van der Waals surface area contributed by atoms with Crippen LogP contribution in [0, 0.1) is 13.8 Å². The Morgan fingerprint density at radius 2 is 1.88 bits per heavy atom. The van der Waals surface area contributed by atoms with Crippen molar-refractivity contribution in [3.8, 4) is 0 Å². The predicted octanol–water partition coefficient (Wildman–Crippen LogP) is 0.958. The van der Waals surface area contributed by atoms with E-state index >= 15 is 0 Å². The summed E-state index contributed by atoms with van der Waals surface area (Å²) in [5, 5.41) is 21.6. The van der Waals surface area contributed by atoms with Crippen LogP contribution in [0.3, 0.4) is 0 Å². The van der Waals surface area contributed by atoms with Gasteiger partial charge in [0.2, 0.25) is 0 Å². The van der Waals surface area contributed by atoms with Crippen LogP contribution in [-0.4, -0.2) is 33.5 Å². The number of nitrogens with one attached hydrogen (secondary N) is 1. The molecular weight excluding hydrogens is 216 g/mol. The number of aliphatic hydroxyl groups is 2. The number of aryl methyl sites for hydroxylation is 1. The maximum atomic E-state index is 9.21. The second-order valence-corrected chi connectivity index (χ2v) is 4.87. The monoisotopic (exact) mass is 240 g/mol. The third kappa shape index (κ3) is 3.09. The summed E-state index contributed by atoms with van der Waals surface area (Å²) in [6.07, 6.45) is 0. The predicted molar refractivity (Wildman–Crippen MR) is 69.0 cm³/mol. The molecule has 1 aromatic heterocycles. The molecule has 0 radical (unpaired) electrons. The summed E-state index contributed by atoms with van der Waals surface area (Å²) in [5.41, 5.74) is 3.10. The molecule has 0 saturated heterocycles. The van der Waals surface area contributed by atoms with E-state index < -0.39 is 5.54 Å². The molecule has 17 heavy (non-hydrogen) atoms. The van der Waals surface area contributed by atoms with Crippen molar-refractivity contribution in [1.82, 2.24) is 9.88 Å². The normalized spacial score (nSPS) is 12.1. The SMILES string of the molecule is CCn1c(C)cc(CNC(C)(CO)CO)c1C. The average molecular weight is 240 g/mol. The molecular formula is C13H24N2O2. The van der Waals surface area contributed by atoms with E-state index in [1.807, 2.05) is 6.92 Å². The maximum absolute atomic E-state index is 9.21. The molecule has 4 nitrogen and oxygen atoms in total. The van der Waals surface area contributed by atoms with E-state index in [0.29, 0.717) is 6.54 Å². The summed E-state index contributed by atoms with van der Waals surface area (Å²) in [6, 6.07) is 2.15. The molecule has 0 spiro atoms. The first kappa shape index (κ1) is 14.2. The molecule has 1 rings (SSSR count). The van der Waals surface area contributed by atoms with Gasteiger partial charge in [0.1, 0.15) is 0 Å². The quantitative estimate of drug-likeness (QED) is 0.694. The van der Waals surface area contributed by atoms with Gasteiger partial charge in [-0.25, -0.2) is 0 Å². The smallest absolute Gasteiger partial charge is 0.0633 e. The second-order valence-electron chi connectivity index (χ2n) is 4.87. The fourth-order valence-corrected chi connectivity index (χ4v) is 2.01. The fourth-order valence-electron chi connectivity index (χ4n) is 2.01. The standard InChI is InChI=1S/C13H24N2O2/c1-5-15-10(2)6-12(11(15)3)7-14-13(4,8-16)9-17/h6,14,16-17H,5,7-9H2,1-4H3. The molecule has 0 aliphatic carbocycles. The largest absolute Gasteiger partial charge is 0.394 e. The molecule has 4 heteroatoms. The van der Waals surface area contributed by atoms with Gasteiger partial charge in [-0.15, -0.1) is 0 Å². The summed E-state index contributed by atoms with van der Waals surface area (Å²) >= 11 is 0. The lowest BCUT2D eigenvalue weighted by Crippen LogP contribution is -2.48. The first-order valence-electron chi connectivity index (χ1n) is 6.09. The van der Waals surface area contributed by atoms with Crippen molar-refractivity contribution < 1.29 is 10.2 Å². The van der Waals surface area contributed by atoms with E-state index in [-0.39, 0.29) is 13.2 Å². The van der Waals surface area contributed by atoms with Crippen LogP contribution < -0.4 is 5.32 Å². The van der Waals surface area contributed by atoms with Crippen LogP contribution in [0.1, 0.15) is 30.8 Å². The highest BCUT2D eigenvalue weighted by molar-refractivity contribution is 5.26. The van der Waals surface area contributed by atoms with Gasteiger partial charge in [-0.3, -0.25) is 0 Å². The summed E-state index contributed by atoms with van der Waals surface area (Å²) in [4.78, 5) is 0. The van der Waals surface area contributed by atoms with Gasteiger partial charge in [0.15, 0.2) is 0 Å². The highest BCUT2D eigenvalue weighted by atomic mass is 16.3. The molecule has 0 aromatic carbocycles. The van der Waals surface area contributed by atoms with Gasteiger partial charge in [0, 0.05) is 24.5 Å². The molecule has 0 aliphatic rings. The van der Waals surface area contributed by atoms with Gasteiger partial charge in [0.05, 0.1) is 18.8 Å². The average Bonchev–Trinajstić information content (AvgIpc) is 2.61. The third-order valence-electron chi connectivity index (χ3n) is 3.40. The molecule has 0 saturated carbocycles. The molecule has 0 aliphatic heterocycles. The van der Waals surface area contributed by atoms with Crippen molar-refractivity contribution in [2.75, 3.05) is 13.2 Å². The molecule has 3 N–H and O–H groups in total. The van der Waals surface area contributed by atoms with Gasteiger partial charge in [-0.1, -0.05) is 0 Å². The van der Waals surface area contributed by atoms with Gasteiger partial charge < -0.3 is 20.1 Å².